The molecule has 0 saturated carbocycles. The van der Waals surface area contributed by atoms with Gasteiger partial charge < -0.3 is 18.7 Å². The zero-order valence-electron chi connectivity index (χ0n) is 21.9. The molecule has 0 atom stereocenters. The number of carbonyl (C=O) groups is 1. The monoisotopic (exact) mass is 581 g/mol. The Balaban J connectivity index is 0.00000361. The van der Waals surface area contributed by atoms with Crippen LogP contribution in [0.5, 0.6) is 0 Å². The minimum atomic E-state index is -4.63. The van der Waals surface area contributed by atoms with Crippen molar-refractivity contribution in [3.63, 3.8) is 0 Å². The molecule has 0 aliphatic carbocycles. The van der Waals surface area contributed by atoms with Crippen molar-refractivity contribution < 1.29 is 94.6 Å². The van der Waals surface area contributed by atoms with E-state index in [1.165, 1.54) is 12.1 Å². The summed E-state index contributed by atoms with van der Waals surface area (Å²) in [5.41, 5.74) is 2.64. The molecule has 0 saturated heterocycles. The first-order valence-electron chi connectivity index (χ1n) is 11.0. The van der Waals surface area contributed by atoms with Crippen molar-refractivity contribution in [3.05, 3.63) is 59.2 Å². The van der Waals surface area contributed by atoms with E-state index in [9.17, 15) is 30.7 Å². The summed E-state index contributed by atoms with van der Waals surface area (Å²) >= 11 is 0. The Bertz CT molecular complexity index is 1430. The van der Waals surface area contributed by atoms with Gasteiger partial charge in [-0.25, -0.2) is 16.8 Å². The molecular weight excluding hydrogens is 556 g/mol. The van der Waals surface area contributed by atoms with E-state index in [-0.39, 0.29) is 89.4 Å². The normalized spacial score (nSPS) is 14.6. The third kappa shape index (κ3) is 8.88. The number of nitrogens with zero attached hydrogens (tertiary/aromatic N) is 3. The zero-order chi connectivity index (χ0) is 26.7. The quantitative estimate of drug-likeness (QED) is 0.164. The summed E-state index contributed by atoms with van der Waals surface area (Å²) in [6, 6.07) is 10.2. The van der Waals surface area contributed by atoms with Crippen LogP contribution in [0.2, 0.25) is 0 Å². The number of hydrogen-bond acceptors (Lipinski definition) is 10. The molecule has 15 heteroatoms. The summed E-state index contributed by atoms with van der Waals surface area (Å²) in [6.07, 6.45) is 1.62. The SMILES string of the molecule is CCOC1=NN(c2ccc(S(=O)(=O)[O-])cc2)C(=O)/C1=C/c1ccc(N(CC)CCS(=O)(=O)[O-])cc1C.[Na+].[Na+]. The number of ether oxygens (including phenoxy) is 1. The molecule has 0 N–H and O–H groups in total. The predicted octanol–water partition coefficient (Wildman–Crippen LogP) is -3.94. The number of amides is 1. The largest absolute Gasteiger partial charge is 1.00 e. The Morgan fingerprint density at radius 3 is 2.16 bits per heavy atom. The van der Waals surface area contributed by atoms with Crippen LogP contribution < -0.4 is 69.0 Å². The Morgan fingerprint density at radius 1 is 1.03 bits per heavy atom. The Morgan fingerprint density at radius 2 is 1.66 bits per heavy atom. The van der Waals surface area contributed by atoms with Gasteiger partial charge in [0.25, 0.3) is 5.91 Å². The molecule has 0 spiro atoms. The van der Waals surface area contributed by atoms with Crippen molar-refractivity contribution >= 4 is 49.5 Å². The number of benzene rings is 2. The molecule has 1 amide bonds. The first kappa shape index (κ1) is 34.8. The molecule has 0 bridgehead atoms. The molecule has 11 nitrogen and oxygen atoms in total. The number of aryl methyl sites for hydroxylation is 1. The van der Waals surface area contributed by atoms with Gasteiger partial charge in [0.15, 0.2) is 0 Å². The summed E-state index contributed by atoms with van der Waals surface area (Å²) < 4.78 is 72.1. The molecule has 1 aliphatic rings. The van der Waals surface area contributed by atoms with Crippen molar-refractivity contribution in [2.75, 3.05) is 35.4 Å². The molecule has 3 rings (SSSR count). The van der Waals surface area contributed by atoms with Crippen LogP contribution in [-0.4, -0.2) is 63.2 Å². The molecule has 2 aromatic carbocycles. The van der Waals surface area contributed by atoms with Gasteiger partial charge in [-0.1, -0.05) is 6.07 Å². The smallest absolute Gasteiger partial charge is 0.748 e. The van der Waals surface area contributed by atoms with E-state index in [4.69, 9.17) is 4.74 Å². The maximum Gasteiger partial charge on any atom is 1.00 e. The number of carbonyl (C=O) groups excluding carboxylic acids is 1. The van der Waals surface area contributed by atoms with Crippen LogP contribution in [-0.2, 0) is 29.8 Å². The standard InChI is InChI=1S/C23H27N3O8S2.2Na/c1-4-25(12-13-35(28,29)30)19-7-6-17(16(3)14-19)15-21-22(34-5-2)24-26(23(21)27)18-8-10-20(11-9-18)36(31,32)33;;/h6-11,14-15H,4-5,12-13H2,1-3H3,(H,28,29,30)(H,31,32,33);;/q;2*+1/p-2/b21-15+;;. The second-order valence-electron chi connectivity index (χ2n) is 7.84. The second-order valence-corrected chi connectivity index (χ2v) is 10.7. The van der Waals surface area contributed by atoms with Gasteiger partial charge in [0.2, 0.25) is 5.90 Å². The van der Waals surface area contributed by atoms with Gasteiger partial charge in [-0.2, -0.15) is 5.01 Å². The summed E-state index contributed by atoms with van der Waals surface area (Å²) in [6.45, 7) is 6.21. The fourth-order valence-corrected chi connectivity index (χ4v) is 4.47. The van der Waals surface area contributed by atoms with Gasteiger partial charge in [-0.3, -0.25) is 4.79 Å². The Kier molecular flexibility index (Phi) is 13.2. The van der Waals surface area contributed by atoms with Crippen LogP contribution >= 0.6 is 0 Å². The van der Waals surface area contributed by atoms with E-state index in [1.54, 1.807) is 30.0 Å². The first-order valence-corrected chi connectivity index (χ1v) is 14.0. The van der Waals surface area contributed by atoms with Crippen LogP contribution in [0.4, 0.5) is 11.4 Å². The average Bonchev–Trinajstić information content (AvgIpc) is 3.10. The molecule has 2 aromatic rings. The van der Waals surface area contributed by atoms with Crippen LogP contribution in [0.25, 0.3) is 6.08 Å². The fourth-order valence-electron chi connectivity index (χ4n) is 3.56. The third-order valence-electron chi connectivity index (χ3n) is 5.41. The van der Waals surface area contributed by atoms with Gasteiger partial charge >= 0.3 is 59.1 Å². The van der Waals surface area contributed by atoms with Gasteiger partial charge in [0.05, 0.1) is 33.1 Å². The zero-order valence-corrected chi connectivity index (χ0v) is 27.5. The molecule has 0 unspecified atom stereocenters. The van der Waals surface area contributed by atoms with Gasteiger partial charge in [-0.05, 0) is 74.4 Å². The fraction of sp³-hybridized carbons (Fsp3) is 0.304. The summed E-state index contributed by atoms with van der Waals surface area (Å²) in [5.74, 6) is -0.927. The van der Waals surface area contributed by atoms with Crippen LogP contribution in [0.3, 0.4) is 0 Å². The van der Waals surface area contributed by atoms with Crippen LogP contribution in [0, 0.1) is 6.92 Å². The Hall–Kier alpha value is -1.26. The minimum absolute atomic E-state index is 0. The Labute approximate surface area is 267 Å². The van der Waals surface area contributed by atoms with Crippen LogP contribution in [0.15, 0.2) is 58.0 Å². The van der Waals surface area contributed by atoms with E-state index in [2.05, 4.69) is 5.10 Å². The maximum absolute atomic E-state index is 13.2. The van der Waals surface area contributed by atoms with E-state index in [1.807, 2.05) is 19.9 Å². The van der Waals surface area contributed by atoms with Gasteiger partial charge in [0.1, 0.15) is 15.7 Å². The molecule has 1 aliphatic heterocycles. The third-order valence-corrected chi connectivity index (χ3v) is 6.94. The molecule has 0 radical (unpaired) electrons. The average molecular weight is 582 g/mol. The second kappa shape index (κ2) is 14.4. The van der Waals surface area contributed by atoms with Crippen molar-refractivity contribution in [2.24, 2.45) is 5.10 Å². The number of anilines is 2. The van der Waals surface area contributed by atoms with E-state index in [0.29, 0.717) is 12.1 Å². The predicted molar refractivity (Wildman–Crippen MR) is 133 cm³/mol. The van der Waals surface area contributed by atoms with E-state index >= 15 is 0 Å². The van der Waals surface area contributed by atoms with Crippen molar-refractivity contribution in [3.8, 4) is 0 Å². The number of hydrogen-bond donors (Lipinski definition) is 0. The molecule has 1 heterocycles. The molecular formula is C23H25N3Na2O8S2. The first-order chi connectivity index (χ1) is 16.8. The van der Waals surface area contributed by atoms with Crippen molar-refractivity contribution in [1.82, 2.24) is 0 Å². The summed E-state index contributed by atoms with van der Waals surface area (Å²) in [4.78, 5) is 14.5. The maximum atomic E-state index is 13.2. The topological polar surface area (TPSA) is 160 Å². The molecule has 38 heavy (non-hydrogen) atoms. The van der Waals surface area contributed by atoms with Crippen molar-refractivity contribution in [1.29, 1.82) is 0 Å². The van der Waals surface area contributed by atoms with Crippen molar-refractivity contribution in [2.45, 2.75) is 25.7 Å². The summed E-state index contributed by atoms with van der Waals surface area (Å²) in [5, 5.41) is 5.28. The van der Waals surface area contributed by atoms with Gasteiger partial charge in [-0.15, -0.1) is 5.10 Å². The van der Waals surface area contributed by atoms with Gasteiger partial charge in [0, 0.05) is 18.8 Å². The van der Waals surface area contributed by atoms with E-state index in [0.717, 1.165) is 28.4 Å². The molecule has 194 valence electrons. The van der Waals surface area contributed by atoms with E-state index < -0.39 is 36.8 Å². The molecule has 0 fully saturated rings. The van der Waals surface area contributed by atoms with Crippen LogP contribution in [0.1, 0.15) is 25.0 Å². The molecule has 0 aromatic heterocycles. The summed E-state index contributed by atoms with van der Waals surface area (Å²) in [7, 11) is -8.97. The minimum Gasteiger partial charge on any atom is -0.748 e. The number of hydrazone groups is 1. The number of rotatable bonds is 9.